The highest BCUT2D eigenvalue weighted by Crippen LogP contribution is 2.24. The van der Waals surface area contributed by atoms with Crippen LogP contribution >= 0.6 is 11.3 Å². The lowest BCUT2D eigenvalue weighted by atomic mass is 10.3. The third-order valence-corrected chi connectivity index (χ3v) is 3.87. The fourth-order valence-corrected chi connectivity index (χ4v) is 2.55. The molecular weight excluding hydrogens is 304 g/mol. The summed E-state index contributed by atoms with van der Waals surface area (Å²) in [5.41, 5.74) is 0.944. The zero-order chi connectivity index (χ0) is 15.5. The van der Waals surface area contributed by atoms with Crippen LogP contribution in [0.1, 0.15) is 10.8 Å². The maximum absolute atomic E-state index is 10.8. The second kappa shape index (κ2) is 5.82. The van der Waals surface area contributed by atoms with Gasteiger partial charge in [-0.3, -0.25) is 4.98 Å². The van der Waals surface area contributed by atoms with Crippen molar-refractivity contribution < 1.29 is 4.92 Å². The Morgan fingerprint density at radius 2 is 2.05 bits per heavy atom. The second-order valence-electron chi connectivity index (χ2n) is 4.31. The molecule has 0 spiro atoms. The van der Waals surface area contributed by atoms with Crippen molar-refractivity contribution in [2.24, 2.45) is 7.05 Å². The summed E-state index contributed by atoms with van der Waals surface area (Å²) in [5, 5.41) is 20.4. The Balaban J connectivity index is 1.82. The number of aromatic nitrogens is 5. The average molecular weight is 314 g/mol. The Hall–Kier alpha value is -2.94. The summed E-state index contributed by atoms with van der Waals surface area (Å²) in [5.74, 6) is 0.418. The minimum Gasteiger partial charge on any atom is -0.358 e. The van der Waals surface area contributed by atoms with Crippen LogP contribution < -0.4 is 0 Å². The summed E-state index contributed by atoms with van der Waals surface area (Å²) in [6.45, 7) is 0. The lowest BCUT2D eigenvalue weighted by Crippen LogP contribution is -1.98. The molecule has 0 fully saturated rings. The molecule has 0 aromatic carbocycles. The number of imidazole rings is 1. The predicted octanol–water partition coefficient (Wildman–Crippen LogP) is 2.41. The Morgan fingerprint density at radius 1 is 1.27 bits per heavy atom. The van der Waals surface area contributed by atoms with Gasteiger partial charge in [-0.1, -0.05) is 11.3 Å². The van der Waals surface area contributed by atoms with E-state index in [-0.39, 0.29) is 5.82 Å². The van der Waals surface area contributed by atoms with E-state index in [1.807, 2.05) is 12.1 Å². The average Bonchev–Trinajstić information content (AvgIpc) is 3.13. The molecule has 0 aliphatic carbocycles. The van der Waals surface area contributed by atoms with E-state index in [4.69, 9.17) is 0 Å². The maximum Gasteiger partial charge on any atom is 0.342 e. The van der Waals surface area contributed by atoms with Gasteiger partial charge in [0, 0.05) is 24.0 Å². The third kappa shape index (κ3) is 2.74. The summed E-state index contributed by atoms with van der Waals surface area (Å²) in [6, 6.07) is 3.71. The van der Waals surface area contributed by atoms with Crippen molar-refractivity contribution in [3.05, 3.63) is 51.7 Å². The first-order valence-electron chi connectivity index (χ1n) is 6.23. The fourth-order valence-electron chi connectivity index (χ4n) is 1.80. The van der Waals surface area contributed by atoms with Crippen LogP contribution in [0.15, 0.2) is 30.7 Å². The van der Waals surface area contributed by atoms with Crippen molar-refractivity contribution in [2.45, 2.75) is 0 Å². The minimum absolute atomic E-state index is 0.0608. The number of nitro groups is 1. The van der Waals surface area contributed by atoms with Gasteiger partial charge in [0.15, 0.2) is 0 Å². The van der Waals surface area contributed by atoms with E-state index in [0.29, 0.717) is 10.8 Å². The van der Waals surface area contributed by atoms with Crippen molar-refractivity contribution in [3.8, 4) is 10.6 Å². The van der Waals surface area contributed by atoms with Crippen LogP contribution in [-0.2, 0) is 7.05 Å². The molecular formula is C13H10N6O2S. The van der Waals surface area contributed by atoms with E-state index in [1.54, 1.807) is 31.6 Å². The van der Waals surface area contributed by atoms with Gasteiger partial charge in [-0.25, -0.2) is 9.55 Å². The van der Waals surface area contributed by atoms with E-state index < -0.39 is 4.92 Å². The summed E-state index contributed by atoms with van der Waals surface area (Å²) < 4.78 is 1.40. The highest BCUT2D eigenvalue weighted by molar-refractivity contribution is 7.15. The van der Waals surface area contributed by atoms with Gasteiger partial charge in [-0.2, -0.15) is 0 Å². The van der Waals surface area contributed by atoms with E-state index in [1.165, 1.54) is 22.1 Å². The quantitative estimate of drug-likeness (QED) is 0.541. The molecule has 8 nitrogen and oxygen atoms in total. The smallest absolute Gasteiger partial charge is 0.342 e. The lowest BCUT2D eigenvalue weighted by molar-refractivity contribution is -0.391. The first-order chi connectivity index (χ1) is 10.6. The van der Waals surface area contributed by atoms with Gasteiger partial charge in [-0.05, 0) is 23.1 Å². The molecule has 0 saturated heterocycles. The number of nitrogens with zero attached hydrogens (tertiary/aromatic N) is 6. The molecule has 3 aromatic rings. The van der Waals surface area contributed by atoms with Crippen molar-refractivity contribution in [3.63, 3.8) is 0 Å². The fraction of sp³-hybridized carbons (Fsp3) is 0.0769. The van der Waals surface area contributed by atoms with Crippen LogP contribution in [0.5, 0.6) is 0 Å². The normalized spacial score (nSPS) is 11.1. The third-order valence-electron chi connectivity index (χ3n) is 2.93. The molecule has 3 rings (SSSR count). The van der Waals surface area contributed by atoms with Gasteiger partial charge >= 0.3 is 5.82 Å². The summed E-state index contributed by atoms with van der Waals surface area (Å²) >= 11 is 1.42. The Bertz CT molecular complexity index is 839. The van der Waals surface area contributed by atoms with Crippen molar-refractivity contribution in [1.82, 2.24) is 24.7 Å². The van der Waals surface area contributed by atoms with Gasteiger partial charge < -0.3 is 10.1 Å². The van der Waals surface area contributed by atoms with Gasteiger partial charge in [0.2, 0.25) is 5.82 Å². The predicted molar refractivity (Wildman–Crippen MR) is 81.9 cm³/mol. The number of rotatable bonds is 4. The largest absolute Gasteiger partial charge is 0.358 e. The molecule has 3 heterocycles. The Morgan fingerprint density at radius 3 is 2.73 bits per heavy atom. The molecule has 0 N–H and O–H groups in total. The molecule has 0 bridgehead atoms. The highest BCUT2D eigenvalue weighted by Gasteiger charge is 2.14. The zero-order valence-electron chi connectivity index (χ0n) is 11.4. The van der Waals surface area contributed by atoms with Gasteiger partial charge in [0.1, 0.15) is 16.2 Å². The van der Waals surface area contributed by atoms with Crippen LogP contribution in [0.3, 0.4) is 0 Å². The summed E-state index contributed by atoms with van der Waals surface area (Å²) in [4.78, 5) is 18.2. The van der Waals surface area contributed by atoms with E-state index >= 15 is 0 Å². The summed E-state index contributed by atoms with van der Waals surface area (Å²) in [6.07, 6.45) is 8.01. The minimum atomic E-state index is -0.475. The Kier molecular flexibility index (Phi) is 3.71. The number of hydrogen-bond donors (Lipinski definition) is 0. The van der Waals surface area contributed by atoms with Gasteiger partial charge in [0.05, 0.1) is 7.05 Å². The van der Waals surface area contributed by atoms with Crippen LogP contribution in [0.4, 0.5) is 5.82 Å². The first kappa shape index (κ1) is 14.0. The zero-order valence-corrected chi connectivity index (χ0v) is 12.3. The molecule has 0 aliphatic rings. The van der Waals surface area contributed by atoms with Crippen LogP contribution in [-0.4, -0.2) is 29.7 Å². The molecule has 9 heteroatoms. The number of hydrogen-bond acceptors (Lipinski definition) is 7. The molecule has 0 aliphatic heterocycles. The molecule has 0 amide bonds. The van der Waals surface area contributed by atoms with Crippen LogP contribution in [0.25, 0.3) is 22.7 Å². The molecule has 0 saturated carbocycles. The molecule has 0 unspecified atom stereocenters. The van der Waals surface area contributed by atoms with Crippen molar-refractivity contribution in [1.29, 1.82) is 0 Å². The molecule has 22 heavy (non-hydrogen) atoms. The highest BCUT2D eigenvalue weighted by atomic mass is 32.1. The lowest BCUT2D eigenvalue weighted by Gasteiger charge is -1.93. The van der Waals surface area contributed by atoms with Crippen molar-refractivity contribution in [2.75, 3.05) is 0 Å². The molecule has 0 atom stereocenters. The Labute approximate surface area is 129 Å². The van der Waals surface area contributed by atoms with E-state index in [9.17, 15) is 10.1 Å². The van der Waals surface area contributed by atoms with E-state index in [0.717, 1.165) is 10.6 Å². The van der Waals surface area contributed by atoms with Gasteiger partial charge in [0.25, 0.3) is 0 Å². The SMILES string of the molecule is Cn1c([N+](=O)[O-])cnc1/C=C/c1nnc(-c2ccncc2)s1. The first-order valence-corrected chi connectivity index (χ1v) is 7.05. The van der Waals surface area contributed by atoms with Crippen LogP contribution in [0, 0.1) is 10.1 Å². The topological polar surface area (TPSA) is 99.6 Å². The molecule has 0 radical (unpaired) electrons. The molecule has 3 aromatic heterocycles. The van der Waals surface area contributed by atoms with E-state index in [2.05, 4.69) is 20.2 Å². The van der Waals surface area contributed by atoms with Crippen molar-refractivity contribution >= 4 is 29.3 Å². The van der Waals surface area contributed by atoms with Crippen LogP contribution in [0.2, 0.25) is 0 Å². The summed E-state index contributed by atoms with van der Waals surface area (Å²) in [7, 11) is 1.59. The number of pyridine rings is 1. The van der Waals surface area contributed by atoms with Gasteiger partial charge in [-0.15, -0.1) is 10.2 Å². The maximum atomic E-state index is 10.8. The monoisotopic (exact) mass is 314 g/mol. The standard InChI is InChI=1S/C13H10N6O2S/c1-18-10(15-8-12(18)19(20)21)2-3-11-16-17-13(22-11)9-4-6-14-7-5-9/h2-8H,1H3/b3-2+. The second-order valence-corrected chi connectivity index (χ2v) is 5.31. The molecule has 110 valence electrons.